The van der Waals surface area contributed by atoms with E-state index in [2.05, 4.69) is 4.98 Å². The third kappa shape index (κ3) is 4.23. The van der Waals surface area contributed by atoms with Gasteiger partial charge in [-0.3, -0.25) is 0 Å². The Morgan fingerprint density at radius 1 is 1.06 bits per heavy atom. The molecule has 1 aromatic carbocycles. The summed E-state index contributed by atoms with van der Waals surface area (Å²) in [7, 11) is 0. The average molecular weight is 216 g/mol. The zero-order chi connectivity index (χ0) is 11.8. The van der Waals surface area contributed by atoms with Crippen LogP contribution in [0, 0.1) is 0 Å². The predicted molar refractivity (Wildman–Crippen MR) is 62.1 cm³/mol. The molecule has 3 N–H and O–H groups in total. The van der Waals surface area contributed by atoms with E-state index < -0.39 is 5.97 Å². The number of pyridine rings is 1. The van der Waals surface area contributed by atoms with Crippen molar-refractivity contribution in [3.63, 3.8) is 0 Å². The normalized spacial score (nSPS) is 8.75. The van der Waals surface area contributed by atoms with Gasteiger partial charge in [0.2, 0.25) is 0 Å². The summed E-state index contributed by atoms with van der Waals surface area (Å²) >= 11 is 0. The molecule has 0 atom stereocenters. The molecule has 0 bridgehead atoms. The Balaban J connectivity index is 0.000000165. The molecule has 0 unspecified atom stereocenters. The first-order valence-electron chi connectivity index (χ1n) is 4.65. The lowest BCUT2D eigenvalue weighted by Crippen LogP contribution is -1.97. The van der Waals surface area contributed by atoms with Crippen LogP contribution >= 0.6 is 0 Å². The predicted octanol–water partition coefficient (Wildman–Crippen LogP) is 2.05. The first-order valence-corrected chi connectivity index (χ1v) is 4.65. The summed E-state index contributed by atoms with van der Waals surface area (Å²) in [4.78, 5) is 13.7. The van der Waals surface area contributed by atoms with Gasteiger partial charge in [0.05, 0.1) is 0 Å². The minimum absolute atomic E-state index is 0.0810. The number of aromatic carboxylic acids is 1. The number of rotatable bonds is 1. The number of benzene rings is 1. The highest BCUT2D eigenvalue weighted by Crippen LogP contribution is 1.95. The van der Waals surface area contributed by atoms with Gasteiger partial charge < -0.3 is 10.8 Å². The Kier molecular flexibility index (Phi) is 4.53. The fourth-order valence-corrected chi connectivity index (χ4v) is 0.942. The number of nitrogen functional groups attached to an aromatic ring is 1. The van der Waals surface area contributed by atoms with Crippen LogP contribution in [-0.4, -0.2) is 16.1 Å². The van der Waals surface area contributed by atoms with Gasteiger partial charge in [-0.2, -0.15) is 0 Å². The number of hydrogen-bond donors (Lipinski definition) is 2. The highest BCUT2D eigenvalue weighted by molar-refractivity contribution is 5.85. The van der Waals surface area contributed by atoms with Crippen molar-refractivity contribution in [1.82, 2.24) is 4.98 Å². The van der Waals surface area contributed by atoms with Crippen molar-refractivity contribution in [3.05, 3.63) is 60.4 Å². The van der Waals surface area contributed by atoms with E-state index >= 15 is 0 Å². The van der Waals surface area contributed by atoms with Crippen LogP contribution in [0.2, 0.25) is 0 Å². The lowest BCUT2D eigenvalue weighted by atomic mass is 10.3. The highest BCUT2D eigenvalue weighted by atomic mass is 16.4. The van der Waals surface area contributed by atoms with Crippen LogP contribution in [0.1, 0.15) is 10.5 Å². The number of nitrogens with zero attached hydrogens (tertiary/aromatic N) is 1. The lowest BCUT2D eigenvalue weighted by Gasteiger charge is -1.87. The van der Waals surface area contributed by atoms with Gasteiger partial charge >= 0.3 is 5.97 Å². The quantitative estimate of drug-likeness (QED) is 0.715. The summed E-state index contributed by atoms with van der Waals surface area (Å²) in [6.07, 6.45) is 1.45. The number of carboxylic acids is 1. The van der Waals surface area contributed by atoms with Crippen molar-refractivity contribution < 1.29 is 9.90 Å². The number of hydrogen-bond acceptors (Lipinski definition) is 3. The molecule has 2 aromatic rings. The molecule has 0 aliphatic rings. The smallest absolute Gasteiger partial charge is 0.354 e. The summed E-state index contributed by atoms with van der Waals surface area (Å²) in [5.41, 5.74) is 6.26. The zero-order valence-corrected chi connectivity index (χ0v) is 8.58. The third-order valence-corrected chi connectivity index (χ3v) is 1.68. The van der Waals surface area contributed by atoms with Crippen LogP contribution in [0.15, 0.2) is 54.7 Å². The Hall–Kier alpha value is -2.36. The SMILES string of the molecule is Nc1ccccc1.O=C(O)c1ccccn1. The summed E-state index contributed by atoms with van der Waals surface area (Å²) in [5.74, 6) is -0.990. The van der Waals surface area contributed by atoms with Gasteiger partial charge in [-0.05, 0) is 24.3 Å². The fourth-order valence-electron chi connectivity index (χ4n) is 0.942. The van der Waals surface area contributed by atoms with E-state index in [0.29, 0.717) is 0 Å². The first kappa shape index (κ1) is 11.7. The van der Waals surface area contributed by atoms with E-state index in [1.165, 1.54) is 12.3 Å². The van der Waals surface area contributed by atoms with E-state index in [-0.39, 0.29) is 5.69 Å². The molecule has 4 heteroatoms. The van der Waals surface area contributed by atoms with Crippen molar-refractivity contribution in [3.8, 4) is 0 Å². The zero-order valence-electron chi connectivity index (χ0n) is 8.58. The van der Waals surface area contributed by atoms with Gasteiger partial charge in [0.15, 0.2) is 0 Å². The molecule has 0 aliphatic heterocycles. The highest BCUT2D eigenvalue weighted by Gasteiger charge is 1.98. The molecular formula is C12H12N2O2. The summed E-state index contributed by atoms with van der Waals surface area (Å²) in [5, 5.41) is 8.32. The van der Waals surface area contributed by atoms with Gasteiger partial charge in [-0.1, -0.05) is 24.3 Å². The van der Waals surface area contributed by atoms with Crippen LogP contribution in [0.25, 0.3) is 0 Å². The number of carboxylic acid groups (broad SMARTS) is 1. The second-order valence-electron chi connectivity index (χ2n) is 2.93. The molecule has 4 nitrogen and oxygen atoms in total. The average Bonchev–Trinajstić information content (AvgIpc) is 2.32. The van der Waals surface area contributed by atoms with E-state index in [9.17, 15) is 4.79 Å². The molecule has 0 saturated carbocycles. The van der Waals surface area contributed by atoms with Crippen molar-refractivity contribution in [2.24, 2.45) is 0 Å². The van der Waals surface area contributed by atoms with Gasteiger partial charge in [-0.25, -0.2) is 9.78 Å². The second kappa shape index (κ2) is 6.19. The Bertz CT molecular complexity index is 429. The van der Waals surface area contributed by atoms with Crippen LogP contribution in [0.4, 0.5) is 5.69 Å². The number of carbonyl (C=O) groups is 1. The van der Waals surface area contributed by atoms with Crippen molar-refractivity contribution in [2.75, 3.05) is 5.73 Å². The minimum atomic E-state index is -0.990. The first-order chi connectivity index (χ1) is 7.70. The minimum Gasteiger partial charge on any atom is -0.477 e. The van der Waals surface area contributed by atoms with Gasteiger partial charge in [-0.15, -0.1) is 0 Å². The molecule has 0 saturated heterocycles. The monoisotopic (exact) mass is 216 g/mol. The molecule has 82 valence electrons. The molecule has 0 aliphatic carbocycles. The van der Waals surface area contributed by atoms with Crippen molar-refractivity contribution >= 4 is 11.7 Å². The maximum atomic E-state index is 10.1. The van der Waals surface area contributed by atoms with Crippen LogP contribution in [0.3, 0.4) is 0 Å². The summed E-state index contributed by atoms with van der Waals surface area (Å²) in [6, 6.07) is 14.2. The molecule has 2 rings (SSSR count). The Morgan fingerprint density at radius 2 is 1.69 bits per heavy atom. The van der Waals surface area contributed by atoms with Gasteiger partial charge in [0, 0.05) is 11.9 Å². The number of aromatic nitrogens is 1. The molecule has 0 spiro atoms. The van der Waals surface area contributed by atoms with Crippen molar-refractivity contribution in [2.45, 2.75) is 0 Å². The van der Waals surface area contributed by atoms with Crippen LogP contribution in [0.5, 0.6) is 0 Å². The topological polar surface area (TPSA) is 76.2 Å². The second-order valence-corrected chi connectivity index (χ2v) is 2.93. The Morgan fingerprint density at radius 3 is 2.00 bits per heavy atom. The molecule has 0 amide bonds. The molecule has 16 heavy (non-hydrogen) atoms. The van der Waals surface area contributed by atoms with E-state index in [4.69, 9.17) is 10.8 Å². The molecular weight excluding hydrogens is 204 g/mol. The number of para-hydroxylation sites is 1. The summed E-state index contributed by atoms with van der Waals surface area (Å²) < 4.78 is 0. The number of nitrogens with two attached hydrogens (primary N) is 1. The van der Waals surface area contributed by atoms with Crippen LogP contribution < -0.4 is 5.73 Å². The number of anilines is 1. The van der Waals surface area contributed by atoms with Crippen molar-refractivity contribution in [1.29, 1.82) is 0 Å². The standard InChI is InChI=1S/C6H5NO2.C6H7N/c8-6(9)5-3-1-2-4-7-5;7-6-4-2-1-3-5-6/h1-4H,(H,8,9);1-5H,7H2. The Labute approximate surface area is 93.4 Å². The van der Waals surface area contributed by atoms with Gasteiger partial charge in [0.25, 0.3) is 0 Å². The largest absolute Gasteiger partial charge is 0.477 e. The fraction of sp³-hybridized carbons (Fsp3) is 0. The summed E-state index contributed by atoms with van der Waals surface area (Å²) in [6.45, 7) is 0. The van der Waals surface area contributed by atoms with E-state index in [1.54, 1.807) is 12.1 Å². The maximum absolute atomic E-state index is 10.1. The molecule has 1 heterocycles. The van der Waals surface area contributed by atoms with E-state index in [0.717, 1.165) is 5.69 Å². The third-order valence-electron chi connectivity index (χ3n) is 1.68. The molecule has 1 aromatic heterocycles. The van der Waals surface area contributed by atoms with Gasteiger partial charge in [0.1, 0.15) is 5.69 Å². The van der Waals surface area contributed by atoms with E-state index in [1.807, 2.05) is 30.3 Å². The lowest BCUT2D eigenvalue weighted by molar-refractivity contribution is 0.0690. The van der Waals surface area contributed by atoms with Crippen LogP contribution in [-0.2, 0) is 0 Å². The molecule has 0 radical (unpaired) electrons. The molecule has 0 fully saturated rings. The maximum Gasteiger partial charge on any atom is 0.354 e.